The number of ether oxygens (including phenoxy) is 1. The third kappa shape index (κ3) is 2.14. The summed E-state index contributed by atoms with van der Waals surface area (Å²) in [6.07, 6.45) is 0.0107. The first-order valence-electron chi connectivity index (χ1n) is 6.09. The predicted molar refractivity (Wildman–Crippen MR) is 75.0 cm³/mol. The van der Waals surface area contributed by atoms with Crippen LogP contribution in [0.3, 0.4) is 0 Å². The van der Waals surface area contributed by atoms with Crippen LogP contribution in [0.4, 0.5) is 0 Å². The van der Waals surface area contributed by atoms with Crippen LogP contribution in [0.5, 0.6) is 17.2 Å². The summed E-state index contributed by atoms with van der Waals surface area (Å²) in [4.78, 5) is 33.6. The smallest absolute Gasteiger partial charge is 0.376 e. The van der Waals surface area contributed by atoms with Crippen LogP contribution in [0.2, 0.25) is 0 Å². The zero-order valence-electron chi connectivity index (χ0n) is 10.9. The van der Waals surface area contributed by atoms with E-state index in [1.165, 1.54) is 24.3 Å². The second-order valence-electron chi connectivity index (χ2n) is 4.47. The van der Waals surface area contributed by atoms with Gasteiger partial charge in [0.2, 0.25) is 11.7 Å². The molecule has 0 fully saturated rings. The van der Waals surface area contributed by atoms with Crippen LogP contribution in [0.15, 0.2) is 39.5 Å². The van der Waals surface area contributed by atoms with Gasteiger partial charge in [-0.25, -0.2) is 4.79 Å². The molecule has 0 amide bonds. The molecule has 0 unspecified atom stereocenters. The Bertz CT molecular complexity index is 984. The lowest BCUT2D eigenvalue weighted by atomic mass is 10.1. The van der Waals surface area contributed by atoms with Gasteiger partial charge in [0, 0.05) is 18.2 Å². The molecule has 0 saturated carbocycles. The minimum Gasteiger partial charge on any atom is -0.508 e. The van der Waals surface area contributed by atoms with Gasteiger partial charge in [-0.2, -0.15) is 0 Å². The Hall–Kier alpha value is -3.35. The van der Waals surface area contributed by atoms with E-state index in [-0.39, 0.29) is 39.7 Å². The number of aromatic hydroxyl groups is 2. The first-order chi connectivity index (χ1) is 10.5. The van der Waals surface area contributed by atoms with Crippen molar-refractivity contribution in [1.29, 1.82) is 0 Å². The molecule has 0 radical (unpaired) electrons. The van der Waals surface area contributed by atoms with E-state index in [4.69, 9.17) is 9.15 Å². The molecule has 0 atom stereocenters. The number of hydrogen-bond donors (Lipinski definition) is 2. The molecule has 2 N–H and O–H groups in total. The minimum atomic E-state index is -1.09. The van der Waals surface area contributed by atoms with Gasteiger partial charge >= 0.3 is 5.97 Å². The number of phenols is 2. The van der Waals surface area contributed by atoms with E-state index in [0.717, 1.165) is 6.07 Å². The SMILES string of the molecule is O=CC(=O)Oc1ccc2c(=O)c3c(O)cc(O)cc3oc2c1. The zero-order chi connectivity index (χ0) is 15.9. The summed E-state index contributed by atoms with van der Waals surface area (Å²) in [5.74, 6) is -1.73. The molecule has 0 aliphatic carbocycles. The average molecular weight is 300 g/mol. The quantitative estimate of drug-likeness (QED) is 0.242. The number of rotatable bonds is 2. The largest absolute Gasteiger partial charge is 0.508 e. The third-order valence-corrected chi connectivity index (χ3v) is 3.03. The monoisotopic (exact) mass is 300 g/mol. The van der Waals surface area contributed by atoms with E-state index in [2.05, 4.69) is 0 Å². The molecule has 0 aliphatic heterocycles. The van der Waals surface area contributed by atoms with Gasteiger partial charge in [-0.05, 0) is 12.1 Å². The Balaban J connectivity index is 2.30. The van der Waals surface area contributed by atoms with Crippen molar-refractivity contribution in [3.63, 3.8) is 0 Å². The maximum absolute atomic E-state index is 12.3. The second kappa shape index (κ2) is 4.88. The van der Waals surface area contributed by atoms with Crippen LogP contribution < -0.4 is 10.2 Å². The molecular formula is C15H8O7. The molecule has 0 bridgehead atoms. The number of fused-ring (bicyclic) bond motifs is 2. The van der Waals surface area contributed by atoms with Crippen molar-refractivity contribution in [3.05, 3.63) is 40.6 Å². The lowest BCUT2D eigenvalue weighted by molar-refractivity contribution is -0.141. The molecule has 7 nitrogen and oxygen atoms in total. The molecule has 1 heterocycles. The van der Waals surface area contributed by atoms with E-state index in [0.29, 0.717) is 0 Å². The first kappa shape index (κ1) is 13.6. The highest BCUT2D eigenvalue weighted by Gasteiger charge is 2.14. The highest BCUT2D eigenvalue weighted by atomic mass is 16.5. The Morgan fingerprint density at radius 3 is 2.64 bits per heavy atom. The number of phenolic OH excluding ortho intramolecular Hbond substituents is 2. The molecule has 0 spiro atoms. The zero-order valence-corrected chi connectivity index (χ0v) is 10.9. The average Bonchev–Trinajstić information content (AvgIpc) is 2.46. The van der Waals surface area contributed by atoms with Crippen LogP contribution in [-0.2, 0) is 9.59 Å². The fourth-order valence-corrected chi connectivity index (χ4v) is 2.13. The Morgan fingerprint density at radius 2 is 1.91 bits per heavy atom. The van der Waals surface area contributed by atoms with Crippen molar-refractivity contribution in [2.45, 2.75) is 0 Å². The molecule has 2 aromatic carbocycles. The lowest BCUT2D eigenvalue weighted by Crippen LogP contribution is -2.09. The minimum absolute atomic E-state index is 0.0107. The van der Waals surface area contributed by atoms with E-state index in [1.807, 2.05) is 0 Å². The number of carbonyl (C=O) groups excluding carboxylic acids is 2. The number of aldehydes is 1. The normalized spacial score (nSPS) is 10.7. The van der Waals surface area contributed by atoms with Crippen molar-refractivity contribution in [2.24, 2.45) is 0 Å². The van der Waals surface area contributed by atoms with Crippen molar-refractivity contribution in [1.82, 2.24) is 0 Å². The van der Waals surface area contributed by atoms with Gasteiger partial charge in [0.25, 0.3) is 0 Å². The fraction of sp³-hybridized carbons (Fsp3) is 0. The van der Waals surface area contributed by atoms with Crippen LogP contribution in [0.25, 0.3) is 21.9 Å². The summed E-state index contributed by atoms with van der Waals surface area (Å²) in [6.45, 7) is 0. The Morgan fingerprint density at radius 1 is 1.14 bits per heavy atom. The predicted octanol–water partition coefficient (Wildman–Crippen LogP) is 1.46. The van der Waals surface area contributed by atoms with Crippen LogP contribution in [0.1, 0.15) is 0 Å². The highest BCUT2D eigenvalue weighted by molar-refractivity contribution is 6.21. The number of carbonyl (C=O) groups is 2. The summed E-state index contributed by atoms with van der Waals surface area (Å²) in [5, 5.41) is 19.3. The fourth-order valence-electron chi connectivity index (χ4n) is 2.13. The number of esters is 1. The van der Waals surface area contributed by atoms with E-state index in [9.17, 15) is 24.6 Å². The topological polar surface area (TPSA) is 114 Å². The Kier molecular flexibility index (Phi) is 3.03. The van der Waals surface area contributed by atoms with Crippen LogP contribution >= 0.6 is 0 Å². The molecule has 1 aromatic heterocycles. The van der Waals surface area contributed by atoms with Gasteiger partial charge < -0.3 is 19.4 Å². The second-order valence-corrected chi connectivity index (χ2v) is 4.47. The molecule has 0 aliphatic rings. The Labute approximate surface area is 122 Å². The summed E-state index contributed by atoms with van der Waals surface area (Å²) >= 11 is 0. The molecular weight excluding hydrogens is 292 g/mol. The van der Waals surface area contributed by atoms with Gasteiger partial charge in [-0.15, -0.1) is 0 Å². The van der Waals surface area contributed by atoms with E-state index in [1.54, 1.807) is 0 Å². The van der Waals surface area contributed by atoms with Gasteiger partial charge in [0.05, 0.1) is 5.39 Å². The lowest BCUT2D eigenvalue weighted by Gasteiger charge is -2.05. The summed E-state index contributed by atoms with van der Waals surface area (Å²) < 4.78 is 10.1. The van der Waals surface area contributed by atoms with E-state index >= 15 is 0 Å². The van der Waals surface area contributed by atoms with Crippen molar-refractivity contribution in [2.75, 3.05) is 0 Å². The summed E-state index contributed by atoms with van der Waals surface area (Å²) in [5.41, 5.74) is -0.436. The third-order valence-electron chi connectivity index (χ3n) is 3.03. The highest BCUT2D eigenvalue weighted by Crippen LogP contribution is 2.30. The van der Waals surface area contributed by atoms with Crippen LogP contribution in [-0.4, -0.2) is 22.5 Å². The van der Waals surface area contributed by atoms with Crippen molar-refractivity contribution in [3.8, 4) is 17.2 Å². The molecule has 110 valence electrons. The summed E-state index contributed by atoms with van der Waals surface area (Å²) in [7, 11) is 0. The molecule has 0 saturated heterocycles. The number of benzene rings is 2. The maximum atomic E-state index is 12.3. The summed E-state index contributed by atoms with van der Waals surface area (Å²) in [6, 6.07) is 6.15. The first-order valence-corrected chi connectivity index (χ1v) is 6.09. The standard InChI is InChI=1S/C15H8O7/c16-6-13(19)21-8-1-2-9-11(5-8)22-12-4-7(17)3-10(18)14(12)15(9)20/h1-6,17-18H. The molecule has 22 heavy (non-hydrogen) atoms. The van der Waals surface area contributed by atoms with Gasteiger partial charge in [-0.3, -0.25) is 9.59 Å². The van der Waals surface area contributed by atoms with Gasteiger partial charge in [0.1, 0.15) is 33.8 Å². The van der Waals surface area contributed by atoms with Crippen molar-refractivity contribution >= 4 is 34.2 Å². The van der Waals surface area contributed by atoms with E-state index < -0.39 is 17.1 Å². The number of hydrogen-bond acceptors (Lipinski definition) is 7. The van der Waals surface area contributed by atoms with Gasteiger partial charge in [-0.1, -0.05) is 0 Å². The van der Waals surface area contributed by atoms with Crippen molar-refractivity contribution < 1.29 is 29.0 Å². The maximum Gasteiger partial charge on any atom is 0.376 e. The molecule has 7 heteroatoms. The van der Waals surface area contributed by atoms with Crippen LogP contribution in [0, 0.1) is 0 Å². The molecule has 3 aromatic rings. The molecule has 3 rings (SSSR count). The van der Waals surface area contributed by atoms with Gasteiger partial charge in [0.15, 0.2) is 0 Å².